The number of carbonyl (C=O) groups is 1. The molecule has 1 N–H and O–H groups in total. The Labute approximate surface area is 111 Å². The Kier molecular flexibility index (Phi) is 4.28. The van der Waals surface area contributed by atoms with Crippen LogP contribution in [0, 0.1) is 5.41 Å². The van der Waals surface area contributed by atoms with Gasteiger partial charge in [-0.25, -0.2) is 0 Å². The van der Waals surface area contributed by atoms with Gasteiger partial charge < -0.3 is 15.1 Å². The van der Waals surface area contributed by atoms with E-state index in [0.29, 0.717) is 11.9 Å². The summed E-state index contributed by atoms with van der Waals surface area (Å²) in [5.41, 5.74) is -0.0825. The molecule has 0 aliphatic carbocycles. The third kappa shape index (κ3) is 2.54. The topological polar surface area (TPSA) is 35.6 Å². The quantitative estimate of drug-likeness (QED) is 0.795. The van der Waals surface area contributed by atoms with Gasteiger partial charge in [0.15, 0.2) is 0 Å². The zero-order valence-electron chi connectivity index (χ0n) is 12.0. The number of carbonyl (C=O) groups excluding carboxylic acids is 1. The molecule has 2 aliphatic heterocycles. The summed E-state index contributed by atoms with van der Waals surface area (Å²) >= 11 is 0. The summed E-state index contributed by atoms with van der Waals surface area (Å²) in [4.78, 5) is 17.3. The van der Waals surface area contributed by atoms with Crippen molar-refractivity contribution in [2.24, 2.45) is 5.41 Å². The first-order valence-corrected chi connectivity index (χ1v) is 7.29. The average Bonchev–Trinajstić information content (AvgIpc) is 2.42. The zero-order valence-corrected chi connectivity index (χ0v) is 12.0. The molecule has 0 spiro atoms. The molecule has 104 valence electrons. The summed E-state index contributed by atoms with van der Waals surface area (Å²) < 4.78 is 0. The van der Waals surface area contributed by atoms with Crippen LogP contribution < -0.4 is 5.32 Å². The maximum absolute atomic E-state index is 12.8. The Bertz CT molecular complexity index is 299. The van der Waals surface area contributed by atoms with Crippen LogP contribution in [0.2, 0.25) is 0 Å². The highest BCUT2D eigenvalue weighted by molar-refractivity contribution is 5.83. The molecule has 2 heterocycles. The number of likely N-dealkylation sites (N-methyl/N-ethyl adjacent to an activating group) is 1. The van der Waals surface area contributed by atoms with E-state index in [0.717, 1.165) is 52.0 Å². The highest BCUT2D eigenvalue weighted by atomic mass is 16.2. The van der Waals surface area contributed by atoms with Gasteiger partial charge in [0.05, 0.1) is 5.41 Å². The maximum atomic E-state index is 12.8. The van der Waals surface area contributed by atoms with Crippen molar-refractivity contribution in [2.75, 3.05) is 39.8 Å². The van der Waals surface area contributed by atoms with E-state index in [2.05, 4.69) is 36.0 Å². The standard InChI is InChI=1S/C14H27N3O/c1-4-14(5-7-15-8-6-14)13(18)17-10-9-16(3)12(2)11-17/h12,15H,4-11H2,1-3H3. The van der Waals surface area contributed by atoms with Crippen LogP contribution in [0.1, 0.15) is 33.1 Å². The largest absolute Gasteiger partial charge is 0.339 e. The third-order valence-corrected chi connectivity index (χ3v) is 4.94. The lowest BCUT2D eigenvalue weighted by molar-refractivity contribution is -0.146. The molecule has 1 unspecified atom stereocenters. The van der Waals surface area contributed by atoms with Gasteiger partial charge in [-0.2, -0.15) is 0 Å². The highest BCUT2D eigenvalue weighted by Gasteiger charge is 2.41. The molecule has 0 aromatic heterocycles. The number of nitrogens with zero attached hydrogens (tertiary/aromatic N) is 2. The van der Waals surface area contributed by atoms with Gasteiger partial charge in [-0.1, -0.05) is 6.92 Å². The number of amides is 1. The van der Waals surface area contributed by atoms with Crippen molar-refractivity contribution >= 4 is 5.91 Å². The van der Waals surface area contributed by atoms with Crippen LogP contribution in [0.15, 0.2) is 0 Å². The van der Waals surface area contributed by atoms with Crippen molar-refractivity contribution in [1.82, 2.24) is 15.1 Å². The van der Waals surface area contributed by atoms with Crippen molar-refractivity contribution in [3.05, 3.63) is 0 Å². The van der Waals surface area contributed by atoms with Crippen molar-refractivity contribution in [3.63, 3.8) is 0 Å². The zero-order chi connectivity index (χ0) is 13.2. The predicted octanol–water partition coefficient (Wildman–Crippen LogP) is 0.929. The number of hydrogen-bond donors (Lipinski definition) is 1. The lowest BCUT2D eigenvalue weighted by Crippen LogP contribution is -2.57. The number of piperidine rings is 1. The van der Waals surface area contributed by atoms with E-state index in [1.54, 1.807) is 0 Å². The molecule has 1 atom stereocenters. The minimum Gasteiger partial charge on any atom is -0.339 e. The predicted molar refractivity (Wildman–Crippen MR) is 73.5 cm³/mol. The molecular formula is C14H27N3O. The Balaban J connectivity index is 2.05. The Morgan fingerprint density at radius 2 is 2.00 bits per heavy atom. The first-order valence-electron chi connectivity index (χ1n) is 7.29. The van der Waals surface area contributed by atoms with Crippen LogP contribution >= 0.6 is 0 Å². The van der Waals surface area contributed by atoms with E-state index in [1.165, 1.54) is 0 Å². The molecule has 0 bridgehead atoms. The summed E-state index contributed by atoms with van der Waals surface area (Å²) in [7, 11) is 2.15. The second kappa shape index (κ2) is 5.57. The number of nitrogens with one attached hydrogen (secondary N) is 1. The fraction of sp³-hybridized carbons (Fsp3) is 0.929. The molecule has 2 saturated heterocycles. The monoisotopic (exact) mass is 253 g/mol. The van der Waals surface area contributed by atoms with Crippen LogP contribution in [0.3, 0.4) is 0 Å². The summed E-state index contributed by atoms with van der Waals surface area (Å²) in [6.07, 6.45) is 2.99. The minimum atomic E-state index is -0.0825. The summed E-state index contributed by atoms with van der Waals surface area (Å²) in [6.45, 7) is 9.15. The van der Waals surface area contributed by atoms with Crippen LogP contribution in [-0.2, 0) is 4.79 Å². The highest BCUT2D eigenvalue weighted by Crippen LogP contribution is 2.35. The molecule has 2 aliphatic rings. The smallest absolute Gasteiger partial charge is 0.228 e. The van der Waals surface area contributed by atoms with E-state index >= 15 is 0 Å². The average molecular weight is 253 g/mol. The number of piperazine rings is 1. The van der Waals surface area contributed by atoms with Crippen molar-refractivity contribution in [1.29, 1.82) is 0 Å². The fourth-order valence-electron chi connectivity index (χ4n) is 3.19. The van der Waals surface area contributed by atoms with Crippen LogP contribution in [0.4, 0.5) is 0 Å². The Morgan fingerprint density at radius 3 is 2.56 bits per heavy atom. The Morgan fingerprint density at radius 1 is 1.33 bits per heavy atom. The molecule has 0 radical (unpaired) electrons. The van der Waals surface area contributed by atoms with Crippen LogP contribution in [-0.4, -0.2) is 61.5 Å². The molecule has 4 nitrogen and oxygen atoms in total. The van der Waals surface area contributed by atoms with Crippen molar-refractivity contribution < 1.29 is 4.79 Å². The molecule has 0 aromatic rings. The van der Waals surface area contributed by atoms with E-state index in [-0.39, 0.29) is 5.41 Å². The van der Waals surface area contributed by atoms with Crippen molar-refractivity contribution in [3.8, 4) is 0 Å². The first kappa shape index (κ1) is 13.8. The van der Waals surface area contributed by atoms with E-state index in [9.17, 15) is 4.79 Å². The summed E-state index contributed by atoms with van der Waals surface area (Å²) in [5.74, 6) is 0.409. The molecular weight excluding hydrogens is 226 g/mol. The summed E-state index contributed by atoms with van der Waals surface area (Å²) in [5, 5.41) is 3.37. The molecule has 0 saturated carbocycles. The van der Waals surface area contributed by atoms with Gasteiger partial charge in [0.25, 0.3) is 0 Å². The normalized spacial score (nSPS) is 29.3. The molecule has 4 heteroatoms. The molecule has 0 aromatic carbocycles. The van der Waals surface area contributed by atoms with Gasteiger partial charge in [0, 0.05) is 25.7 Å². The molecule has 2 rings (SSSR count). The molecule has 18 heavy (non-hydrogen) atoms. The lowest BCUT2D eigenvalue weighted by Gasteiger charge is -2.44. The lowest BCUT2D eigenvalue weighted by atomic mass is 9.75. The van der Waals surface area contributed by atoms with E-state index in [4.69, 9.17) is 0 Å². The molecule has 1 amide bonds. The fourth-order valence-corrected chi connectivity index (χ4v) is 3.19. The maximum Gasteiger partial charge on any atom is 0.228 e. The van der Waals surface area contributed by atoms with Gasteiger partial charge in [0.2, 0.25) is 5.91 Å². The van der Waals surface area contributed by atoms with Crippen LogP contribution in [0.5, 0.6) is 0 Å². The Hall–Kier alpha value is -0.610. The second-order valence-electron chi connectivity index (χ2n) is 5.96. The van der Waals surface area contributed by atoms with Crippen molar-refractivity contribution in [2.45, 2.75) is 39.2 Å². The third-order valence-electron chi connectivity index (χ3n) is 4.94. The molecule has 2 fully saturated rings. The van der Waals surface area contributed by atoms with Gasteiger partial charge in [0.1, 0.15) is 0 Å². The number of rotatable bonds is 2. The van der Waals surface area contributed by atoms with E-state index in [1.807, 2.05) is 0 Å². The summed E-state index contributed by atoms with van der Waals surface area (Å²) in [6, 6.07) is 0.485. The second-order valence-corrected chi connectivity index (χ2v) is 5.96. The van der Waals surface area contributed by atoms with Gasteiger partial charge in [-0.15, -0.1) is 0 Å². The minimum absolute atomic E-state index is 0.0825. The number of hydrogen-bond acceptors (Lipinski definition) is 3. The van der Waals surface area contributed by atoms with Gasteiger partial charge in [-0.05, 0) is 46.3 Å². The SMILES string of the molecule is CCC1(C(=O)N2CCN(C)C(C)C2)CCNCC1. The van der Waals surface area contributed by atoms with Gasteiger partial charge in [-0.3, -0.25) is 4.79 Å². The van der Waals surface area contributed by atoms with Crippen LogP contribution in [0.25, 0.3) is 0 Å². The van der Waals surface area contributed by atoms with Gasteiger partial charge >= 0.3 is 0 Å². The van der Waals surface area contributed by atoms with E-state index < -0.39 is 0 Å². The first-order chi connectivity index (χ1) is 8.59.